The van der Waals surface area contributed by atoms with Crippen molar-refractivity contribution < 1.29 is 23.9 Å². The number of piperidine rings is 1. The lowest BCUT2D eigenvalue weighted by Crippen LogP contribution is -2.58. The number of hydrogen-bond donors (Lipinski definition) is 0. The van der Waals surface area contributed by atoms with E-state index in [1.54, 1.807) is 29.2 Å². The number of ether oxygens (including phenoxy) is 1. The van der Waals surface area contributed by atoms with Crippen LogP contribution < -0.4 is 4.74 Å². The van der Waals surface area contributed by atoms with Crippen molar-refractivity contribution in [1.29, 1.82) is 0 Å². The number of nitrogens with zero attached hydrogens (tertiary/aromatic N) is 2. The number of carbonyl (C=O) groups excluding carboxylic acids is 4. The highest BCUT2D eigenvalue weighted by molar-refractivity contribution is 6.22. The summed E-state index contributed by atoms with van der Waals surface area (Å²) in [6.07, 6.45) is 1.98. The lowest BCUT2D eigenvalue weighted by Gasteiger charge is -2.45. The molecule has 188 valence electrons. The van der Waals surface area contributed by atoms with Gasteiger partial charge < -0.3 is 9.64 Å². The Morgan fingerprint density at radius 2 is 1.58 bits per heavy atom. The summed E-state index contributed by atoms with van der Waals surface area (Å²) < 4.78 is 6.50. The molecule has 1 spiro atoms. The van der Waals surface area contributed by atoms with E-state index in [1.807, 2.05) is 39.8 Å². The number of ketones is 1. The van der Waals surface area contributed by atoms with Crippen LogP contribution in [0.1, 0.15) is 81.7 Å². The lowest BCUT2D eigenvalue weighted by atomic mass is 9.81. The molecule has 2 aromatic rings. The molecule has 0 bridgehead atoms. The third kappa shape index (κ3) is 3.72. The van der Waals surface area contributed by atoms with E-state index in [1.165, 1.54) is 0 Å². The second kappa shape index (κ2) is 8.87. The van der Waals surface area contributed by atoms with E-state index in [0.29, 0.717) is 54.8 Å². The molecule has 0 radical (unpaired) electrons. The van der Waals surface area contributed by atoms with Crippen molar-refractivity contribution in [2.45, 2.75) is 65.0 Å². The highest BCUT2D eigenvalue weighted by Crippen LogP contribution is 2.42. The van der Waals surface area contributed by atoms with Crippen LogP contribution in [0.4, 0.5) is 0 Å². The van der Waals surface area contributed by atoms with Gasteiger partial charge in [0.2, 0.25) is 5.91 Å². The minimum atomic E-state index is -0.865. The highest BCUT2D eigenvalue weighted by Gasteiger charge is 2.48. The van der Waals surface area contributed by atoms with Crippen LogP contribution in [-0.2, 0) is 4.79 Å². The number of benzene rings is 2. The number of amides is 3. The fourth-order valence-corrected chi connectivity index (χ4v) is 5.67. The first-order chi connectivity index (χ1) is 17.2. The van der Waals surface area contributed by atoms with Crippen molar-refractivity contribution in [3.8, 4) is 5.75 Å². The van der Waals surface area contributed by atoms with Gasteiger partial charge in [0.15, 0.2) is 5.78 Å². The molecule has 7 nitrogen and oxygen atoms in total. The number of rotatable bonds is 4. The molecule has 1 saturated heterocycles. The van der Waals surface area contributed by atoms with Gasteiger partial charge >= 0.3 is 0 Å². The van der Waals surface area contributed by atoms with Crippen molar-refractivity contribution in [3.63, 3.8) is 0 Å². The molecule has 3 heterocycles. The summed E-state index contributed by atoms with van der Waals surface area (Å²) in [7, 11) is 0. The molecule has 0 aliphatic carbocycles. The van der Waals surface area contributed by atoms with Crippen LogP contribution in [0.5, 0.6) is 5.75 Å². The summed E-state index contributed by atoms with van der Waals surface area (Å²) >= 11 is 0. The molecule has 3 aliphatic heterocycles. The van der Waals surface area contributed by atoms with Crippen LogP contribution in [0, 0.1) is 19.8 Å². The van der Waals surface area contributed by atoms with Gasteiger partial charge in [0, 0.05) is 25.9 Å². The third-order valence-electron chi connectivity index (χ3n) is 8.30. The first-order valence-electron chi connectivity index (χ1n) is 12.8. The fourth-order valence-electron chi connectivity index (χ4n) is 5.67. The minimum absolute atomic E-state index is 0.0719. The van der Waals surface area contributed by atoms with Gasteiger partial charge in [-0.15, -0.1) is 0 Å². The van der Waals surface area contributed by atoms with E-state index in [2.05, 4.69) is 0 Å². The van der Waals surface area contributed by atoms with Crippen molar-refractivity contribution in [3.05, 3.63) is 64.2 Å². The van der Waals surface area contributed by atoms with E-state index in [4.69, 9.17) is 4.74 Å². The van der Waals surface area contributed by atoms with E-state index in [9.17, 15) is 19.2 Å². The van der Waals surface area contributed by atoms with Crippen LogP contribution in [0.2, 0.25) is 0 Å². The molecular weight excluding hydrogens is 456 g/mol. The zero-order valence-electron chi connectivity index (χ0n) is 21.3. The number of aryl methyl sites for hydroxylation is 1. The Kier molecular flexibility index (Phi) is 5.97. The maximum Gasteiger partial charge on any atom is 0.262 e. The van der Waals surface area contributed by atoms with Crippen molar-refractivity contribution in [2.75, 3.05) is 13.1 Å². The predicted octanol–water partition coefficient (Wildman–Crippen LogP) is 4.34. The number of fused-ring (bicyclic) bond motifs is 2. The fraction of sp³-hybridized carbons (Fsp3) is 0.448. The number of hydrogen-bond acceptors (Lipinski definition) is 5. The maximum absolute atomic E-state index is 13.8. The Morgan fingerprint density at radius 3 is 2.17 bits per heavy atom. The summed E-state index contributed by atoms with van der Waals surface area (Å²) in [5.74, 6) is -0.501. The van der Waals surface area contributed by atoms with Gasteiger partial charge in [0.1, 0.15) is 17.4 Å². The van der Waals surface area contributed by atoms with E-state index in [-0.39, 0.29) is 24.0 Å². The average molecular weight is 489 g/mol. The van der Waals surface area contributed by atoms with Crippen molar-refractivity contribution in [1.82, 2.24) is 9.80 Å². The zero-order valence-corrected chi connectivity index (χ0v) is 21.3. The number of likely N-dealkylation sites (tertiary alicyclic amines) is 1. The van der Waals surface area contributed by atoms with Crippen LogP contribution in [0.3, 0.4) is 0 Å². The van der Waals surface area contributed by atoms with E-state index in [0.717, 1.165) is 16.0 Å². The monoisotopic (exact) mass is 488 g/mol. The standard InChI is InChI=1S/C29H32N2O5/c1-5-17(2)24(31-26(33)20-8-6-7-9-21(20)27(31)34)28(35)30-14-12-29(13-15-30)16-23(32)22-11-10-18(3)19(4)25(22)36-29/h6-11,17,24H,5,12-16H2,1-4H3. The molecule has 0 aromatic heterocycles. The second-order valence-corrected chi connectivity index (χ2v) is 10.5. The molecule has 36 heavy (non-hydrogen) atoms. The largest absolute Gasteiger partial charge is 0.486 e. The molecule has 0 saturated carbocycles. The maximum atomic E-state index is 13.8. The van der Waals surface area contributed by atoms with E-state index < -0.39 is 23.5 Å². The summed E-state index contributed by atoms with van der Waals surface area (Å²) in [5, 5.41) is 0. The topological polar surface area (TPSA) is 84.0 Å². The molecule has 2 aromatic carbocycles. The highest BCUT2D eigenvalue weighted by atomic mass is 16.5. The zero-order chi connectivity index (χ0) is 25.8. The van der Waals surface area contributed by atoms with Crippen LogP contribution in [0.15, 0.2) is 36.4 Å². The molecule has 1 fully saturated rings. The predicted molar refractivity (Wildman–Crippen MR) is 134 cm³/mol. The van der Waals surface area contributed by atoms with Gasteiger partial charge in [-0.05, 0) is 49.1 Å². The molecule has 0 N–H and O–H groups in total. The molecule has 3 aliphatic rings. The summed E-state index contributed by atoms with van der Waals surface area (Å²) in [4.78, 5) is 56.1. The SMILES string of the molecule is CCC(C)C(C(=O)N1CCC2(CC1)CC(=O)c1ccc(C)c(C)c1O2)N1C(=O)c2ccccc2C1=O. The minimum Gasteiger partial charge on any atom is -0.486 e. The number of Topliss-reactive ketones (excluding diaryl/α,β-unsaturated/α-hetero) is 1. The molecule has 2 unspecified atom stereocenters. The first kappa shape index (κ1) is 24.2. The Morgan fingerprint density at radius 1 is 0.972 bits per heavy atom. The van der Waals surface area contributed by atoms with Crippen LogP contribution >= 0.6 is 0 Å². The Labute approximate surface area is 211 Å². The van der Waals surface area contributed by atoms with Crippen LogP contribution in [0.25, 0.3) is 0 Å². The average Bonchev–Trinajstić information content (AvgIpc) is 3.12. The lowest BCUT2D eigenvalue weighted by molar-refractivity contribution is -0.140. The van der Waals surface area contributed by atoms with Gasteiger partial charge in [0.25, 0.3) is 11.8 Å². The molecule has 3 amide bonds. The first-order valence-corrected chi connectivity index (χ1v) is 12.8. The summed E-state index contributed by atoms with van der Waals surface area (Å²) in [6, 6.07) is 9.65. The Hall–Kier alpha value is -3.48. The molecule has 5 rings (SSSR count). The summed E-state index contributed by atoms with van der Waals surface area (Å²) in [6.45, 7) is 8.64. The Balaban J connectivity index is 1.36. The summed E-state index contributed by atoms with van der Waals surface area (Å²) in [5.41, 5.74) is 2.73. The van der Waals surface area contributed by atoms with Crippen LogP contribution in [-0.4, -0.2) is 58.0 Å². The Bertz CT molecular complexity index is 1240. The van der Waals surface area contributed by atoms with Gasteiger partial charge in [-0.25, -0.2) is 0 Å². The molecule has 2 atom stereocenters. The van der Waals surface area contributed by atoms with Gasteiger partial charge in [-0.2, -0.15) is 0 Å². The number of imide groups is 1. The third-order valence-corrected chi connectivity index (χ3v) is 8.30. The quantitative estimate of drug-likeness (QED) is 0.598. The second-order valence-electron chi connectivity index (χ2n) is 10.5. The molecular formula is C29H32N2O5. The van der Waals surface area contributed by atoms with Gasteiger partial charge in [-0.1, -0.05) is 38.5 Å². The van der Waals surface area contributed by atoms with Crippen molar-refractivity contribution in [2.24, 2.45) is 5.92 Å². The normalized spacial score (nSPS) is 20.2. The van der Waals surface area contributed by atoms with Crippen molar-refractivity contribution >= 4 is 23.5 Å². The smallest absolute Gasteiger partial charge is 0.262 e. The van der Waals surface area contributed by atoms with Gasteiger partial charge in [-0.3, -0.25) is 24.1 Å². The van der Waals surface area contributed by atoms with Gasteiger partial charge in [0.05, 0.1) is 23.1 Å². The number of carbonyl (C=O) groups is 4. The van der Waals surface area contributed by atoms with E-state index >= 15 is 0 Å². The molecule has 7 heteroatoms.